The van der Waals surface area contributed by atoms with Crippen LogP contribution >= 0.6 is 31.9 Å². The molecule has 0 aromatic heterocycles. The second-order valence-electron chi connectivity index (χ2n) is 7.44. The molecule has 0 spiro atoms. The number of nitrogens with zero attached hydrogens (tertiary/aromatic N) is 1. The molecule has 4 rings (SSSR count). The molecular weight excluding hydrogens is 566 g/mol. The first-order valence-corrected chi connectivity index (χ1v) is 11.8. The van der Waals surface area contributed by atoms with Crippen LogP contribution in [0.3, 0.4) is 0 Å². The number of ether oxygens (including phenoxy) is 1. The van der Waals surface area contributed by atoms with Crippen molar-refractivity contribution in [3.05, 3.63) is 92.4 Å². The molecule has 9 heteroatoms. The molecule has 2 N–H and O–H groups in total. The summed E-state index contributed by atoms with van der Waals surface area (Å²) in [6, 6.07) is 19.7. The minimum atomic E-state index is -0.491. The molecular formula is C25H19Br2N3O4. The van der Waals surface area contributed by atoms with E-state index < -0.39 is 11.8 Å². The Morgan fingerprint density at radius 2 is 1.68 bits per heavy atom. The van der Waals surface area contributed by atoms with Crippen molar-refractivity contribution in [1.82, 2.24) is 5.43 Å². The molecule has 1 aliphatic rings. The normalized spacial score (nSPS) is 14.3. The third-order valence-corrected chi connectivity index (χ3v) is 6.18. The van der Waals surface area contributed by atoms with Crippen molar-refractivity contribution in [2.24, 2.45) is 0 Å². The van der Waals surface area contributed by atoms with Crippen LogP contribution in [0.5, 0.6) is 5.75 Å². The van der Waals surface area contributed by atoms with Crippen LogP contribution in [0.2, 0.25) is 0 Å². The van der Waals surface area contributed by atoms with E-state index in [1.165, 1.54) is 11.1 Å². The number of carbonyl (C=O) groups is 3. The Morgan fingerprint density at radius 1 is 1.03 bits per heavy atom. The smallest absolute Gasteiger partial charge is 0.282 e. The Labute approximate surface area is 213 Å². The summed E-state index contributed by atoms with van der Waals surface area (Å²) in [5, 5.41) is 4.03. The summed E-state index contributed by atoms with van der Waals surface area (Å²) in [7, 11) is 0. The number of rotatable bonds is 6. The number of carbonyl (C=O) groups excluding carboxylic acids is 3. The zero-order valence-electron chi connectivity index (χ0n) is 18.0. The number of benzene rings is 3. The van der Waals surface area contributed by atoms with Crippen molar-refractivity contribution in [2.45, 2.75) is 6.92 Å². The lowest BCUT2D eigenvalue weighted by Crippen LogP contribution is -2.35. The number of anilines is 2. The topological polar surface area (TPSA) is 87.7 Å². The molecule has 1 aliphatic heterocycles. The van der Waals surface area contributed by atoms with E-state index in [-0.39, 0.29) is 18.1 Å². The molecule has 3 aromatic carbocycles. The molecule has 7 nitrogen and oxygen atoms in total. The highest BCUT2D eigenvalue weighted by Gasteiger charge is 2.34. The van der Waals surface area contributed by atoms with Gasteiger partial charge in [-0.15, -0.1) is 0 Å². The maximum atomic E-state index is 12.8. The fourth-order valence-corrected chi connectivity index (χ4v) is 4.77. The maximum Gasteiger partial charge on any atom is 0.282 e. The molecule has 0 unspecified atom stereocenters. The summed E-state index contributed by atoms with van der Waals surface area (Å²) in [6.45, 7) is 1.71. The van der Waals surface area contributed by atoms with E-state index in [0.29, 0.717) is 25.9 Å². The van der Waals surface area contributed by atoms with Gasteiger partial charge >= 0.3 is 0 Å². The van der Waals surface area contributed by atoms with Crippen molar-refractivity contribution in [3.63, 3.8) is 0 Å². The molecule has 1 saturated heterocycles. The van der Waals surface area contributed by atoms with E-state index in [0.717, 1.165) is 11.3 Å². The minimum absolute atomic E-state index is 0.00827. The average Bonchev–Trinajstić information content (AvgIpc) is 3.09. The second kappa shape index (κ2) is 10.2. The molecule has 0 atom stereocenters. The summed E-state index contributed by atoms with van der Waals surface area (Å²) < 4.78 is 6.82. The van der Waals surface area contributed by atoms with E-state index >= 15 is 0 Å². The number of amides is 3. The Balaban J connectivity index is 1.47. The van der Waals surface area contributed by atoms with E-state index in [1.54, 1.807) is 36.4 Å². The first-order chi connectivity index (χ1) is 16.3. The number of aryl methyl sites for hydroxylation is 1. The Bertz CT molecular complexity index is 1290. The second-order valence-corrected chi connectivity index (χ2v) is 9.15. The fraction of sp³-hybridized carbons (Fsp3) is 0.0800. The maximum absolute atomic E-state index is 12.8. The van der Waals surface area contributed by atoms with Gasteiger partial charge in [0.2, 0.25) is 0 Å². The zero-order chi connectivity index (χ0) is 24.2. The molecule has 0 radical (unpaired) electrons. The molecule has 3 aromatic rings. The highest BCUT2D eigenvalue weighted by atomic mass is 79.9. The summed E-state index contributed by atoms with van der Waals surface area (Å²) >= 11 is 6.89. The van der Waals surface area contributed by atoms with Crippen molar-refractivity contribution in [1.29, 1.82) is 0 Å². The van der Waals surface area contributed by atoms with Gasteiger partial charge in [0, 0.05) is 5.69 Å². The first kappa shape index (κ1) is 23.7. The van der Waals surface area contributed by atoms with Gasteiger partial charge in [0.1, 0.15) is 11.3 Å². The van der Waals surface area contributed by atoms with Crippen LogP contribution < -0.4 is 20.5 Å². The summed E-state index contributed by atoms with van der Waals surface area (Å²) in [5.41, 5.74) is 5.42. The lowest BCUT2D eigenvalue weighted by molar-refractivity contribution is -0.118. The zero-order valence-corrected chi connectivity index (χ0v) is 21.1. The predicted molar refractivity (Wildman–Crippen MR) is 137 cm³/mol. The van der Waals surface area contributed by atoms with Gasteiger partial charge in [0.05, 0.1) is 14.6 Å². The summed E-state index contributed by atoms with van der Waals surface area (Å²) in [6.07, 6.45) is 1.50. The van der Waals surface area contributed by atoms with Crippen LogP contribution in [0.4, 0.5) is 11.4 Å². The van der Waals surface area contributed by atoms with Crippen molar-refractivity contribution < 1.29 is 19.1 Å². The first-order valence-electron chi connectivity index (χ1n) is 10.2. The average molecular weight is 585 g/mol. The van der Waals surface area contributed by atoms with Gasteiger partial charge in [0.15, 0.2) is 6.61 Å². The molecule has 1 fully saturated rings. The monoisotopic (exact) mass is 583 g/mol. The van der Waals surface area contributed by atoms with Crippen molar-refractivity contribution in [2.75, 3.05) is 16.9 Å². The largest absolute Gasteiger partial charge is 0.481 e. The third kappa shape index (κ3) is 5.21. The molecule has 0 aliphatic carbocycles. The number of para-hydroxylation sites is 2. The van der Waals surface area contributed by atoms with Crippen LogP contribution in [0.1, 0.15) is 11.1 Å². The van der Waals surface area contributed by atoms with E-state index in [2.05, 4.69) is 42.6 Å². The van der Waals surface area contributed by atoms with Gasteiger partial charge in [-0.3, -0.25) is 19.8 Å². The number of hydrogen-bond acceptors (Lipinski definition) is 4. The van der Waals surface area contributed by atoms with Crippen molar-refractivity contribution >= 4 is 67.0 Å². The summed E-state index contributed by atoms with van der Waals surface area (Å²) in [4.78, 5) is 37.5. The fourth-order valence-electron chi connectivity index (χ4n) is 3.32. The molecule has 0 bridgehead atoms. The van der Waals surface area contributed by atoms with Gasteiger partial charge < -0.3 is 10.1 Å². The standard InChI is InChI=1S/C25H19Br2N3O4/c1-15-7-5-6-10-21(15)28-22(31)14-34-23-19(26)12-16(13-20(23)27)11-18-24(32)29-30(25(18)33)17-8-3-2-4-9-17/h2-13H,14H2,1H3,(H,28,31)(H,29,32)/b18-11-. The Morgan fingerprint density at radius 3 is 2.35 bits per heavy atom. The highest BCUT2D eigenvalue weighted by molar-refractivity contribution is 9.11. The van der Waals surface area contributed by atoms with E-state index in [9.17, 15) is 14.4 Å². The van der Waals surface area contributed by atoms with E-state index in [1.807, 2.05) is 37.3 Å². The van der Waals surface area contributed by atoms with Gasteiger partial charge in [0.25, 0.3) is 17.7 Å². The van der Waals surface area contributed by atoms with Gasteiger partial charge in [-0.05, 0) is 86.3 Å². The molecule has 1 heterocycles. The minimum Gasteiger partial charge on any atom is -0.481 e. The SMILES string of the molecule is Cc1ccccc1NC(=O)COc1c(Br)cc(/C=C2/C(=O)NN(c3ccccc3)C2=O)cc1Br. The quantitative estimate of drug-likeness (QED) is 0.315. The van der Waals surface area contributed by atoms with Gasteiger partial charge in [-0.25, -0.2) is 5.01 Å². The highest BCUT2D eigenvalue weighted by Crippen LogP contribution is 2.36. The number of hydrogen-bond donors (Lipinski definition) is 2. The van der Waals surface area contributed by atoms with Crippen LogP contribution in [0.25, 0.3) is 6.08 Å². The van der Waals surface area contributed by atoms with Crippen LogP contribution in [-0.4, -0.2) is 24.3 Å². The number of halogens is 2. The Kier molecular flexibility index (Phi) is 7.14. The number of hydrazine groups is 1. The Hall–Kier alpha value is -3.43. The van der Waals surface area contributed by atoms with Crippen LogP contribution in [0, 0.1) is 6.92 Å². The lowest BCUT2D eigenvalue weighted by atomic mass is 10.1. The van der Waals surface area contributed by atoms with Gasteiger partial charge in [-0.1, -0.05) is 36.4 Å². The predicted octanol–water partition coefficient (Wildman–Crippen LogP) is 5.00. The summed E-state index contributed by atoms with van der Waals surface area (Å²) in [5.74, 6) is -0.810. The molecule has 172 valence electrons. The molecule has 0 saturated carbocycles. The van der Waals surface area contributed by atoms with Gasteiger partial charge in [-0.2, -0.15) is 0 Å². The van der Waals surface area contributed by atoms with Crippen LogP contribution in [-0.2, 0) is 14.4 Å². The lowest BCUT2D eigenvalue weighted by Gasteiger charge is -2.14. The molecule has 34 heavy (non-hydrogen) atoms. The molecule has 3 amide bonds. The van der Waals surface area contributed by atoms with Crippen molar-refractivity contribution in [3.8, 4) is 5.75 Å². The van der Waals surface area contributed by atoms with E-state index in [4.69, 9.17) is 4.74 Å². The third-order valence-electron chi connectivity index (χ3n) is 5.00. The number of nitrogens with one attached hydrogen (secondary N) is 2. The van der Waals surface area contributed by atoms with Crippen LogP contribution in [0.15, 0.2) is 81.2 Å².